The quantitative estimate of drug-likeness (QED) is 0.632. The number of para-hydroxylation sites is 1. The molecular weight excluding hydrogens is 330 g/mol. The minimum absolute atomic E-state index is 0.182. The first-order valence-electron chi connectivity index (χ1n) is 8.71. The van der Waals surface area contributed by atoms with Gasteiger partial charge in [-0.3, -0.25) is 4.79 Å². The van der Waals surface area contributed by atoms with Gasteiger partial charge in [-0.25, -0.2) is 9.97 Å². The number of carbonyl (C=O) groups is 1. The van der Waals surface area contributed by atoms with E-state index in [1.165, 1.54) is 6.33 Å². The first-order valence-corrected chi connectivity index (χ1v) is 8.71. The third-order valence-electron chi connectivity index (χ3n) is 3.86. The fourth-order valence-corrected chi connectivity index (χ4v) is 2.50. The highest BCUT2D eigenvalue weighted by molar-refractivity contribution is 5.92. The molecule has 7 nitrogen and oxygen atoms in total. The molecular formula is C19H27N5O2. The molecule has 0 saturated carbocycles. The van der Waals surface area contributed by atoms with Crippen molar-refractivity contribution in [3.63, 3.8) is 0 Å². The topological polar surface area (TPSA) is 79.4 Å². The van der Waals surface area contributed by atoms with Crippen LogP contribution in [0.2, 0.25) is 0 Å². The molecule has 0 atom stereocenters. The van der Waals surface area contributed by atoms with Gasteiger partial charge in [0.15, 0.2) is 0 Å². The van der Waals surface area contributed by atoms with Crippen LogP contribution in [0.4, 0.5) is 5.82 Å². The van der Waals surface area contributed by atoms with Crippen molar-refractivity contribution in [2.24, 2.45) is 0 Å². The van der Waals surface area contributed by atoms with Gasteiger partial charge < -0.3 is 20.3 Å². The number of carbonyl (C=O) groups excluding carboxylic acids is 1. The summed E-state index contributed by atoms with van der Waals surface area (Å²) in [4.78, 5) is 22.5. The van der Waals surface area contributed by atoms with Crippen LogP contribution >= 0.6 is 0 Å². The zero-order chi connectivity index (χ0) is 18.8. The van der Waals surface area contributed by atoms with E-state index in [1.54, 1.807) is 13.2 Å². The lowest BCUT2D eigenvalue weighted by molar-refractivity contribution is 0.0947. The molecule has 0 bridgehead atoms. The predicted molar refractivity (Wildman–Crippen MR) is 103 cm³/mol. The number of hydrogen-bond acceptors (Lipinski definition) is 6. The molecule has 2 N–H and O–H groups in total. The molecule has 0 unspecified atom stereocenters. The number of nitrogens with zero attached hydrogens (tertiary/aromatic N) is 3. The summed E-state index contributed by atoms with van der Waals surface area (Å²) in [6.45, 7) is 2.23. The largest absolute Gasteiger partial charge is 0.496 e. The van der Waals surface area contributed by atoms with Crippen LogP contribution in [-0.4, -0.2) is 61.6 Å². The van der Waals surface area contributed by atoms with Crippen LogP contribution in [0.15, 0.2) is 36.7 Å². The first-order chi connectivity index (χ1) is 12.6. The highest BCUT2D eigenvalue weighted by atomic mass is 16.5. The average Bonchev–Trinajstić information content (AvgIpc) is 2.65. The van der Waals surface area contributed by atoms with Crippen molar-refractivity contribution in [3.05, 3.63) is 47.9 Å². The lowest BCUT2D eigenvalue weighted by Gasteiger charge is -2.11. The van der Waals surface area contributed by atoms with E-state index in [9.17, 15) is 4.79 Å². The zero-order valence-corrected chi connectivity index (χ0v) is 15.7. The standard InChI is InChI=1S/C19H27N5O2/c1-24(2)12-6-10-21-19(25)16-13-18(23-14-22-16)20-11-9-15-7-4-5-8-17(15)26-3/h4-5,7-8,13-14H,6,9-12H2,1-3H3,(H,21,25)(H,20,22,23). The Hall–Kier alpha value is -2.67. The van der Waals surface area contributed by atoms with Gasteiger partial charge >= 0.3 is 0 Å². The highest BCUT2D eigenvalue weighted by Crippen LogP contribution is 2.17. The molecule has 0 aliphatic heterocycles. The number of aromatic nitrogens is 2. The third kappa shape index (κ3) is 6.33. The molecule has 2 rings (SSSR count). The minimum Gasteiger partial charge on any atom is -0.496 e. The summed E-state index contributed by atoms with van der Waals surface area (Å²) in [5.74, 6) is 1.32. The Morgan fingerprint density at radius 3 is 2.77 bits per heavy atom. The molecule has 1 heterocycles. The van der Waals surface area contributed by atoms with Gasteiger partial charge in [-0.05, 0) is 45.1 Å². The molecule has 0 saturated heterocycles. The Morgan fingerprint density at radius 1 is 1.19 bits per heavy atom. The van der Waals surface area contributed by atoms with Crippen LogP contribution in [0.25, 0.3) is 0 Å². The number of methoxy groups -OCH3 is 1. The number of nitrogens with one attached hydrogen (secondary N) is 2. The molecule has 7 heteroatoms. The van der Waals surface area contributed by atoms with Crippen molar-refractivity contribution in [3.8, 4) is 5.75 Å². The monoisotopic (exact) mass is 357 g/mol. The van der Waals surface area contributed by atoms with Gasteiger partial charge in [-0.2, -0.15) is 0 Å². The number of hydrogen-bond donors (Lipinski definition) is 2. The molecule has 0 spiro atoms. The lowest BCUT2D eigenvalue weighted by atomic mass is 10.1. The van der Waals surface area contributed by atoms with Crippen LogP contribution < -0.4 is 15.4 Å². The van der Waals surface area contributed by atoms with Gasteiger partial charge in [0.1, 0.15) is 23.6 Å². The fourth-order valence-electron chi connectivity index (χ4n) is 2.50. The molecule has 0 aliphatic rings. The van der Waals surface area contributed by atoms with Gasteiger partial charge in [0, 0.05) is 19.2 Å². The zero-order valence-electron chi connectivity index (χ0n) is 15.7. The second kappa shape index (κ2) is 10.4. The Balaban J connectivity index is 1.83. The van der Waals surface area contributed by atoms with Crippen molar-refractivity contribution in [1.82, 2.24) is 20.2 Å². The predicted octanol–water partition coefficient (Wildman–Crippen LogP) is 1.82. The smallest absolute Gasteiger partial charge is 0.270 e. The number of anilines is 1. The lowest BCUT2D eigenvalue weighted by Crippen LogP contribution is -2.28. The second-order valence-electron chi connectivity index (χ2n) is 6.19. The average molecular weight is 357 g/mol. The van der Waals surface area contributed by atoms with Gasteiger partial charge in [-0.1, -0.05) is 18.2 Å². The number of benzene rings is 1. The van der Waals surface area contributed by atoms with Gasteiger partial charge in [0.25, 0.3) is 5.91 Å². The molecule has 1 amide bonds. The normalized spacial score (nSPS) is 10.6. The maximum atomic E-state index is 12.2. The van der Waals surface area contributed by atoms with Gasteiger partial charge in [0.2, 0.25) is 0 Å². The second-order valence-corrected chi connectivity index (χ2v) is 6.19. The van der Waals surface area contributed by atoms with Crippen LogP contribution in [0, 0.1) is 0 Å². The van der Waals surface area contributed by atoms with Crippen molar-refractivity contribution in [2.75, 3.05) is 46.2 Å². The van der Waals surface area contributed by atoms with Crippen molar-refractivity contribution < 1.29 is 9.53 Å². The number of amides is 1. The minimum atomic E-state index is -0.182. The SMILES string of the molecule is COc1ccccc1CCNc1cc(C(=O)NCCCN(C)C)ncn1. The molecule has 1 aromatic heterocycles. The van der Waals surface area contributed by atoms with E-state index in [0.717, 1.165) is 30.7 Å². The summed E-state index contributed by atoms with van der Waals surface area (Å²) in [7, 11) is 5.69. The van der Waals surface area contributed by atoms with E-state index in [4.69, 9.17) is 4.74 Å². The van der Waals surface area contributed by atoms with Crippen LogP contribution in [0.5, 0.6) is 5.75 Å². The van der Waals surface area contributed by atoms with E-state index in [-0.39, 0.29) is 5.91 Å². The van der Waals surface area contributed by atoms with E-state index in [2.05, 4.69) is 25.5 Å². The third-order valence-corrected chi connectivity index (χ3v) is 3.86. The van der Waals surface area contributed by atoms with Crippen LogP contribution in [0.3, 0.4) is 0 Å². The molecule has 0 aliphatic carbocycles. The maximum Gasteiger partial charge on any atom is 0.270 e. The highest BCUT2D eigenvalue weighted by Gasteiger charge is 2.08. The molecule has 0 fully saturated rings. The Kier molecular flexibility index (Phi) is 7.82. The van der Waals surface area contributed by atoms with E-state index in [0.29, 0.717) is 24.6 Å². The van der Waals surface area contributed by atoms with E-state index >= 15 is 0 Å². The first kappa shape index (κ1) is 19.7. The van der Waals surface area contributed by atoms with Crippen molar-refractivity contribution in [2.45, 2.75) is 12.8 Å². The molecule has 140 valence electrons. The number of ether oxygens (including phenoxy) is 1. The summed E-state index contributed by atoms with van der Waals surface area (Å²) in [5, 5.41) is 6.11. The molecule has 0 radical (unpaired) electrons. The van der Waals surface area contributed by atoms with Crippen LogP contribution in [0.1, 0.15) is 22.5 Å². The summed E-state index contributed by atoms with van der Waals surface area (Å²) in [6.07, 6.45) is 3.09. The maximum absolute atomic E-state index is 12.2. The number of rotatable bonds is 10. The van der Waals surface area contributed by atoms with E-state index in [1.807, 2.05) is 38.4 Å². The summed E-state index contributed by atoms with van der Waals surface area (Å²) in [6, 6.07) is 9.58. The summed E-state index contributed by atoms with van der Waals surface area (Å²) in [5.41, 5.74) is 1.49. The van der Waals surface area contributed by atoms with Crippen LogP contribution in [-0.2, 0) is 6.42 Å². The Morgan fingerprint density at radius 2 is 2.00 bits per heavy atom. The Bertz CT molecular complexity index is 706. The van der Waals surface area contributed by atoms with Crippen molar-refractivity contribution in [1.29, 1.82) is 0 Å². The molecule has 1 aromatic carbocycles. The molecule has 26 heavy (non-hydrogen) atoms. The van der Waals surface area contributed by atoms with Crippen molar-refractivity contribution >= 4 is 11.7 Å². The summed E-state index contributed by atoms with van der Waals surface area (Å²) >= 11 is 0. The molecule has 2 aromatic rings. The van der Waals surface area contributed by atoms with Gasteiger partial charge in [-0.15, -0.1) is 0 Å². The van der Waals surface area contributed by atoms with Gasteiger partial charge in [0.05, 0.1) is 7.11 Å². The summed E-state index contributed by atoms with van der Waals surface area (Å²) < 4.78 is 5.35. The fraction of sp³-hybridized carbons (Fsp3) is 0.421. The Labute approximate surface area is 154 Å². The van der Waals surface area contributed by atoms with E-state index < -0.39 is 0 Å².